The number of fused-ring (bicyclic) bond motifs is 1. The zero-order chi connectivity index (χ0) is 16.4. The van der Waals surface area contributed by atoms with Crippen molar-refractivity contribution >= 4 is 22.8 Å². The van der Waals surface area contributed by atoms with E-state index in [0.717, 1.165) is 37.1 Å². The smallest absolute Gasteiger partial charge is 0.226 e. The summed E-state index contributed by atoms with van der Waals surface area (Å²) in [5.41, 5.74) is 6.83. The number of nitrogens with two attached hydrogens (primary N) is 1. The van der Waals surface area contributed by atoms with E-state index in [1.165, 1.54) is 0 Å². The Labute approximate surface area is 135 Å². The molecule has 3 rings (SSSR count). The van der Waals surface area contributed by atoms with Crippen LogP contribution in [0.5, 0.6) is 5.75 Å². The van der Waals surface area contributed by atoms with Crippen LogP contribution in [0.3, 0.4) is 0 Å². The number of hydrogen-bond acceptors (Lipinski definition) is 6. The molecule has 0 atom stereocenters. The van der Waals surface area contributed by atoms with E-state index in [0.29, 0.717) is 17.4 Å². The van der Waals surface area contributed by atoms with Crippen molar-refractivity contribution in [1.29, 1.82) is 0 Å². The number of piperazine rings is 1. The number of rotatable bonds is 4. The van der Waals surface area contributed by atoms with E-state index in [1.807, 2.05) is 18.2 Å². The second-order valence-electron chi connectivity index (χ2n) is 5.79. The maximum atomic E-state index is 11.4. The van der Waals surface area contributed by atoms with Crippen LogP contribution in [0.2, 0.25) is 0 Å². The molecule has 7 heteroatoms. The Hall–Kier alpha value is -2.41. The van der Waals surface area contributed by atoms with Crippen molar-refractivity contribution in [2.45, 2.75) is 6.42 Å². The standard InChI is InChI=1S/C16H21N5O2/c1-20-5-7-21(8-6-20)16-18-13-4-3-11(23-2)9-12(13)14(19-16)10-15(17)22/h3-4,9H,5-8,10H2,1-2H3,(H2,17,22). The van der Waals surface area contributed by atoms with Crippen molar-refractivity contribution in [3.8, 4) is 5.75 Å². The third-order valence-electron chi connectivity index (χ3n) is 4.10. The number of ether oxygens (including phenoxy) is 1. The molecule has 0 aliphatic carbocycles. The number of primary amides is 1. The summed E-state index contributed by atoms with van der Waals surface area (Å²) in [5, 5.41) is 0.807. The van der Waals surface area contributed by atoms with E-state index in [2.05, 4.69) is 26.8 Å². The number of carbonyl (C=O) groups excluding carboxylic acids is 1. The van der Waals surface area contributed by atoms with E-state index in [1.54, 1.807) is 7.11 Å². The van der Waals surface area contributed by atoms with Crippen molar-refractivity contribution < 1.29 is 9.53 Å². The molecule has 1 amide bonds. The lowest BCUT2D eigenvalue weighted by Gasteiger charge is -2.32. The van der Waals surface area contributed by atoms with Crippen LogP contribution in [-0.2, 0) is 11.2 Å². The number of methoxy groups -OCH3 is 1. The van der Waals surface area contributed by atoms with Crippen molar-refractivity contribution in [1.82, 2.24) is 14.9 Å². The fraction of sp³-hybridized carbons (Fsp3) is 0.438. The Morgan fingerprint density at radius 3 is 2.65 bits per heavy atom. The average Bonchev–Trinajstić information content (AvgIpc) is 2.54. The monoisotopic (exact) mass is 315 g/mol. The van der Waals surface area contributed by atoms with Crippen molar-refractivity contribution in [2.24, 2.45) is 5.73 Å². The minimum Gasteiger partial charge on any atom is -0.497 e. The lowest BCUT2D eigenvalue weighted by atomic mass is 10.1. The molecule has 1 aromatic carbocycles. The summed E-state index contributed by atoms with van der Waals surface area (Å²) in [6, 6.07) is 5.60. The normalized spacial score (nSPS) is 15.8. The SMILES string of the molecule is COc1ccc2nc(N3CCN(C)CC3)nc(CC(N)=O)c2c1. The van der Waals surface area contributed by atoms with Gasteiger partial charge >= 0.3 is 0 Å². The molecule has 1 fully saturated rings. The minimum atomic E-state index is -0.405. The zero-order valence-electron chi connectivity index (χ0n) is 13.5. The fourth-order valence-electron chi connectivity index (χ4n) is 2.73. The largest absolute Gasteiger partial charge is 0.497 e. The van der Waals surface area contributed by atoms with Crippen LogP contribution >= 0.6 is 0 Å². The molecule has 1 aliphatic rings. The van der Waals surface area contributed by atoms with Crippen molar-refractivity contribution in [3.63, 3.8) is 0 Å². The van der Waals surface area contributed by atoms with Gasteiger partial charge < -0.3 is 20.3 Å². The molecule has 1 aliphatic heterocycles. The van der Waals surface area contributed by atoms with Gasteiger partial charge in [0.15, 0.2) is 0 Å². The minimum absolute atomic E-state index is 0.0902. The summed E-state index contributed by atoms with van der Waals surface area (Å²) >= 11 is 0. The summed E-state index contributed by atoms with van der Waals surface area (Å²) in [6.45, 7) is 3.67. The highest BCUT2D eigenvalue weighted by Gasteiger charge is 2.19. The summed E-state index contributed by atoms with van der Waals surface area (Å²) in [5.74, 6) is 0.961. The Morgan fingerprint density at radius 2 is 2.00 bits per heavy atom. The molecule has 0 spiro atoms. The van der Waals surface area contributed by atoms with Gasteiger partial charge in [0.1, 0.15) is 5.75 Å². The fourth-order valence-corrected chi connectivity index (χ4v) is 2.73. The highest BCUT2D eigenvalue weighted by molar-refractivity contribution is 5.88. The van der Waals surface area contributed by atoms with Crippen molar-refractivity contribution in [2.75, 3.05) is 45.2 Å². The van der Waals surface area contributed by atoms with Crippen LogP contribution in [0, 0.1) is 0 Å². The van der Waals surface area contributed by atoms with Gasteiger partial charge in [-0.15, -0.1) is 0 Å². The van der Waals surface area contributed by atoms with Gasteiger partial charge in [-0.2, -0.15) is 0 Å². The Kier molecular flexibility index (Phi) is 4.29. The van der Waals surface area contributed by atoms with Gasteiger partial charge in [0.25, 0.3) is 0 Å². The Balaban J connectivity index is 2.04. The van der Waals surface area contributed by atoms with E-state index in [4.69, 9.17) is 10.5 Å². The second-order valence-corrected chi connectivity index (χ2v) is 5.79. The molecule has 2 aromatic rings. The number of carbonyl (C=O) groups is 1. The molecule has 23 heavy (non-hydrogen) atoms. The lowest BCUT2D eigenvalue weighted by molar-refractivity contribution is -0.117. The van der Waals surface area contributed by atoms with Gasteiger partial charge in [-0.25, -0.2) is 9.97 Å². The third-order valence-corrected chi connectivity index (χ3v) is 4.10. The molecule has 1 aromatic heterocycles. The number of likely N-dealkylation sites (N-methyl/N-ethyl adjacent to an activating group) is 1. The summed E-state index contributed by atoms with van der Waals surface area (Å²) in [4.78, 5) is 25.1. The number of anilines is 1. The first kappa shape index (κ1) is 15.5. The van der Waals surface area contributed by atoms with E-state index >= 15 is 0 Å². The van der Waals surface area contributed by atoms with Crippen molar-refractivity contribution in [3.05, 3.63) is 23.9 Å². The number of nitrogens with zero attached hydrogens (tertiary/aromatic N) is 4. The molecule has 0 bridgehead atoms. The van der Waals surface area contributed by atoms with E-state index in [9.17, 15) is 4.79 Å². The number of hydrogen-bond donors (Lipinski definition) is 1. The molecule has 1 saturated heterocycles. The number of aromatic nitrogens is 2. The van der Waals surface area contributed by atoms with Gasteiger partial charge in [0, 0.05) is 31.6 Å². The summed E-state index contributed by atoms with van der Waals surface area (Å²) in [7, 11) is 3.71. The quantitative estimate of drug-likeness (QED) is 0.880. The molecule has 0 radical (unpaired) electrons. The molecule has 2 N–H and O–H groups in total. The zero-order valence-corrected chi connectivity index (χ0v) is 13.5. The molecule has 122 valence electrons. The van der Waals surface area contributed by atoms with Gasteiger partial charge in [-0.3, -0.25) is 4.79 Å². The molecule has 0 unspecified atom stereocenters. The van der Waals surface area contributed by atoms with E-state index in [-0.39, 0.29) is 6.42 Å². The van der Waals surface area contributed by atoms with E-state index < -0.39 is 5.91 Å². The van der Waals surface area contributed by atoms with Crippen LogP contribution in [0.1, 0.15) is 5.69 Å². The van der Waals surface area contributed by atoms with Crippen LogP contribution < -0.4 is 15.4 Å². The highest BCUT2D eigenvalue weighted by Crippen LogP contribution is 2.25. The maximum Gasteiger partial charge on any atom is 0.226 e. The molecular weight excluding hydrogens is 294 g/mol. The van der Waals surface area contributed by atoms with Crippen LogP contribution in [0.4, 0.5) is 5.95 Å². The van der Waals surface area contributed by atoms with Gasteiger partial charge in [0.05, 0.1) is 24.7 Å². The lowest BCUT2D eigenvalue weighted by Crippen LogP contribution is -2.45. The predicted molar refractivity (Wildman–Crippen MR) is 88.7 cm³/mol. The maximum absolute atomic E-state index is 11.4. The highest BCUT2D eigenvalue weighted by atomic mass is 16.5. The van der Waals surface area contributed by atoms with Crippen LogP contribution in [-0.4, -0.2) is 61.1 Å². The summed E-state index contributed by atoms with van der Waals surface area (Å²) < 4.78 is 5.25. The molecule has 2 heterocycles. The van der Waals surface area contributed by atoms with Gasteiger partial charge in [-0.1, -0.05) is 0 Å². The first-order valence-electron chi connectivity index (χ1n) is 7.63. The first-order chi connectivity index (χ1) is 11.1. The third kappa shape index (κ3) is 3.34. The second kappa shape index (κ2) is 6.37. The molecule has 0 saturated carbocycles. The topological polar surface area (TPSA) is 84.6 Å². The number of amides is 1. The van der Waals surface area contributed by atoms with Crippen LogP contribution in [0.25, 0.3) is 10.9 Å². The predicted octanol–water partition coefficient (Wildman–Crippen LogP) is 0.418. The first-order valence-corrected chi connectivity index (χ1v) is 7.63. The van der Waals surface area contributed by atoms with Gasteiger partial charge in [-0.05, 0) is 25.2 Å². The van der Waals surface area contributed by atoms with Gasteiger partial charge in [0.2, 0.25) is 11.9 Å². The average molecular weight is 315 g/mol. The molecule has 7 nitrogen and oxygen atoms in total. The Morgan fingerprint density at radius 1 is 1.26 bits per heavy atom. The van der Waals surface area contributed by atoms with Crippen LogP contribution in [0.15, 0.2) is 18.2 Å². The summed E-state index contributed by atoms with van der Waals surface area (Å²) in [6.07, 6.45) is 0.0902. The molecular formula is C16H21N5O2. The Bertz CT molecular complexity index is 726. The number of benzene rings is 1.